The molecule has 9 heteroatoms. The van der Waals surface area contributed by atoms with E-state index in [0.717, 1.165) is 12.1 Å². The molecule has 5 nitrogen and oxygen atoms in total. The second-order valence-electron chi connectivity index (χ2n) is 5.77. The van der Waals surface area contributed by atoms with E-state index in [0.29, 0.717) is 0 Å². The van der Waals surface area contributed by atoms with Gasteiger partial charge < -0.3 is 10.1 Å². The monoisotopic (exact) mass is 352 g/mol. The maximum absolute atomic E-state index is 12.5. The van der Waals surface area contributed by atoms with Gasteiger partial charge in [0.05, 0.1) is 6.04 Å². The fourth-order valence-electron chi connectivity index (χ4n) is 1.58. The van der Waals surface area contributed by atoms with E-state index >= 15 is 0 Å². The average molecular weight is 353 g/mol. The highest BCUT2D eigenvalue weighted by molar-refractivity contribution is 6.33. The number of nitrogens with zero attached hydrogens (tertiary/aromatic N) is 1. The minimum Gasteiger partial charge on any atom is -0.453 e. The summed E-state index contributed by atoms with van der Waals surface area (Å²) in [6.45, 7) is 6.24. The van der Waals surface area contributed by atoms with Gasteiger partial charge in [0.25, 0.3) is 0 Å². The van der Waals surface area contributed by atoms with Crippen molar-refractivity contribution in [1.82, 2.24) is 10.3 Å². The number of nitrogens with one attached hydrogen (secondary N) is 1. The third kappa shape index (κ3) is 5.70. The van der Waals surface area contributed by atoms with Gasteiger partial charge in [-0.15, -0.1) is 0 Å². The van der Waals surface area contributed by atoms with Gasteiger partial charge in [-0.2, -0.15) is 13.2 Å². The van der Waals surface area contributed by atoms with Crippen molar-refractivity contribution in [1.29, 1.82) is 0 Å². The predicted molar refractivity (Wildman–Crippen MR) is 76.7 cm³/mol. The Morgan fingerprint density at radius 3 is 2.26 bits per heavy atom. The van der Waals surface area contributed by atoms with Crippen LogP contribution in [0.2, 0.25) is 5.15 Å². The lowest BCUT2D eigenvalue weighted by Gasteiger charge is -2.20. The lowest BCUT2D eigenvalue weighted by molar-refractivity contribution is -0.163. The van der Waals surface area contributed by atoms with Crippen LogP contribution in [0.3, 0.4) is 0 Å². The van der Waals surface area contributed by atoms with Crippen molar-refractivity contribution >= 4 is 23.5 Å². The van der Waals surface area contributed by atoms with Crippen molar-refractivity contribution in [2.75, 3.05) is 0 Å². The quantitative estimate of drug-likeness (QED) is 0.504. The summed E-state index contributed by atoms with van der Waals surface area (Å²) in [4.78, 5) is 26.5. The Balaban J connectivity index is 2.84. The number of amides is 1. The summed E-state index contributed by atoms with van der Waals surface area (Å²) in [6, 6.07) is 1.02. The summed E-state index contributed by atoms with van der Waals surface area (Å²) in [5.41, 5.74) is -1.83. The number of hydrogen-bond acceptors (Lipinski definition) is 4. The third-order valence-corrected chi connectivity index (χ3v) is 2.87. The van der Waals surface area contributed by atoms with Gasteiger partial charge in [0.1, 0.15) is 16.4 Å². The Morgan fingerprint density at radius 2 is 1.83 bits per heavy atom. The molecule has 0 fully saturated rings. The molecule has 1 amide bonds. The van der Waals surface area contributed by atoms with Gasteiger partial charge in [0, 0.05) is 5.56 Å². The van der Waals surface area contributed by atoms with Crippen LogP contribution in [0, 0.1) is 0 Å². The molecule has 0 saturated heterocycles. The van der Waals surface area contributed by atoms with Crippen LogP contribution in [0.4, 0.5) is 13.2 Å². The molecule has 0 aromatic carbocycles. The highest BCUT2D eigenvalue weighted by Gasteiger charge is 2.33. The number of rotatable bonds is 2. The first-order valence-electron chi connectivity index (χ1n) is 6.59. The molecule has 128 valence electrons. The molecule has 0 bridgehead atoms. The zero-order valence-electron chi connectivity index (χ0n) is 12.9. The SMILES string of the molecule is CC(NC(=O)C(=O)OC(C)(C)C)c1ccc(C(F)(F)F)nc1Cl. The van der Waals surface area contributed by atoms with Crippen LogP contribution in [0.1, 0.15) is 45.0 Å². The smallest absolute Gasteiger partial charge is 0.433 e. The van der Waals surface area contributed by atoms with Gasteiger partial charge in [-0.05, 0) is 33.8 Å². The van der Waals surface area contributed by atoms with Crippen LogP contribution < -0.4 is 5.32 Å². The van der Waals surface area contributed by atoms with E-state index < -0.39 is 40.5 Å². The molecule has 0 aliphatic heterocycles. The molecule has 0 saturated carbocycles. The fourth-order valence-corrected chi connectivity index (χ4v) is 1.90. The summed E-state index contributed by atoms with van der Waals surface area (Å²) < 4.78 is 42.4. The van der Waals surface area contributed by atoms with Crippen LogP contribution in [0.5, 0.6) is 0 Å². The van der Waals surface area contributed by atoms with Crippen molar-refractivity contribution in [3.05, 3.63) is 28.5 Å². The first kappa shape index (κ1) is 19.2. The molecule has 0 spiro atoms. The van der Waals surface area contributed by atoms with Crippen molar-refractivity contribution in [2.45, 2.75) is 45.5 Å². The number of halogens is 4. The van der Waals surface area contributed by atoms with Crippen molar-refractivity contribution in [3.63, 3.8) is 0 Å². The van der Waals surface area contributed by atoms with Gasteiger partial charge in [0.15, 0.2) is 0 Å². The third-order valence-electron chi connectivity index (χ3n) is 2.57. The number of carbonyl (C=O) groups is 2. The molecule has 1 rings (SSSR count). The molecular weight excluding hydrogens is 337 g/mol. The second kappa shape index (κ2) is 6.74. The van der Waals surface area contributed by atoms with E-state index in [2.05, 4.69) is 10.3 Å². The van der Waals surface area contributed by atoms with Crippen molar-refractivity contribution in [2.24, 2.45) is 0 Å². The minimum atomic E-state index is -4.62. The van der Waals surface area contributed by atoms with E-state index in [4.69, 9.17) is 16.3 Å². The molecule has 1 unspecified atom stereocenters. The molecule has 0 radical (unpaired) electrons. The van der Waals surface area contributed by atoms with Gasteiger partial charge in [-0.25, -0.2) is 9.78 Å². The van der Waals surface area contributed by atoms with Crippen LogP contribution >= 0.6 is 11.6 Å². The van der Waals surface area contributed by atoms with Gasteiger partial charge >= 0.3 is 18.1 Å². The van der Waals surface area contributed by atoms with E-state index in [1.165, 1.54) is 6.92 Å². The van der Waals surface area contributed by atoms with E-state index in [-0.39, 0.29) is 5.56 Å². The Morgan fingerprint density at radius 1 is 1.26 bits per heavy atom. The molecule has 1 atom stereocenters. The van der Waals surface area contributed by atoms with Crippen LogP contribution in [0.25, 0.3) is 0 Å². The number of alkyl halides is 3. The number of hydrogen-bond donors (Lipinski definition) is 1. The van der Waals surface area contributed by atoms with Crippen LogP contribution in [-0.2, 0) is 20.5 Å². The lowest BCUT2D eigenvalue weighted by Crippen LogP contribution is -2.38. The number of ether oxygens (including phenoxy) is 1. The van der Waals surface area contributed by atoms with Crippen molar-refractivity contribution in [3.8, 4) is 0 Å². The molecular formula is C14H16ClF3N2O3. The Labute approximate surface area is 136 Å². The number of aromatic nitrogens is 1. The number of esters is 1. The van der Waals surface area contributed by atoms with E-state index in [1.807, 2.05) is 0 Å². The number of carbonyl (C=O) groups excluding carboxylic acids is 2. The van der Waals surface area contributed by atoms with Crippen LogP contribution in [-0.4, -0.2) is 22.5 Å². The number of pyridine rings is 1. The standard InChI is InChI=1S/C14H16ClF3N2O3/c1-7(19-11(21)12(22)23-13(2,3)4)8-5-6-9(14(16,17)18)20-10(8)15/h5-7H,1-4H3,(H,19,21). The molecule has 0 aliphatic carbocycles. The van der Waals surface area contributed by atoms with E-state index in [9.17, 15) is 22.8 Å². The molecule has 1 aromatic rings. The summed E-state index contributed by atoms with van der Waals surface area (Å²) in [7, 11) is 0. The molecule has 1 aromatic heterocycles. The first-order valence-corrected chi connectivity index (χ1v) is 6.96. The molecule has 0 aliphatic rings. The fraction of sp³-hybridized carbons (Fsp3) is 0.500. The predicted octanol–water partition coefficient (Wildman–Crippen LogP) is 3.27. The zero-order valence-corrected chi connectivity index (χ0v) is 13.7. The maximum Gasteiger partial charge on any atom is 0.433 e. The normalized spacial score (nSPS) is 13.4. The van der Waals surface area contributed by atoms with Crippen LogP contribution in [0.15, 0.2) is 12.1 Å². The Bertz CT molecular complexity index is 612. The molecule has 23 heavy (non-hydrogen) atoms. The second-order valence-corrected chi connectivity index (χ2v) is 6.13. The van der Waals surface area contributed by atoms with Gasteiger partial charge in [-0.3, -0.25) is 4.79 Å². The molecule has 1 heterocycles. The van der Waals surface area contributed by atoms with Crippen molar-refractivity contribution < 1.29 is 27.5 Å². The topological polar surface area (TPSA) is 68.3 Å². The summed E-state index contributed by atoms with van der Waals surface area (Å²) in [5.74, 6) is -2.12. The van der Waals surface area contributed by atoms with Gasteiger partial charge in [-0.1, -0.05) is 17.7 Å². The molecule has 1 N–H and O–H groups in total. The Hall–Kier alpha value is -1.83. The summed E-state index contributed by atoms with van der Waals surface area (Å²) in [5, 5.41) is 1.89. The summed E-state index contributed by atoms with van der Waals surface area (Å²) >= 11 is 5.72. The lowest BCUT2D eigenvalue weighted by atomic mass is 10.1. The van der Waals surface area contributed by atoms with E-state index in [1.54, 1.807) is 20.8 Å². The minimum absolute atomic E-state index is 0.150. The highest BCUT2D eigenvalue weighted by atomic mass is 35.5. The average Bonchev–Trinajstić information content (AvgIpc) is 2.35. The first-order chi connectivity index (χ1) is 10.3. The largest absolute Gasteiger partial charge is 0.453 e. The van der Waals surface area contributed by atoms with Gasteiger partial charge in [0.2, 0.25) is 0 Å². The maximum atomic E-state index is 12.5. The zero-order chi connectivity index (χ0) is 18.0. The highest BCUT2D eigenvalue weighted by Crippen LogP contribution is 2.31. The summed E-state index contributed by atoms with van der Waals surface area (Å²) in [6.07, 6.45) is -4.62. The Kier molecular flexibility index (Phi) is 5.63.